The number of H-pyrrole nitrogens is 1. The first-order chi connectivity index (χ1) is 11.7. The van der Waals surface area contributed by atoms with Crippen LogP contribution in [-0.2, 0) is 19.4 Å². The van der Waals surface area contributed by atoms with Gasteiger partial charge < -0.3 is 4.98 Å². The van der Waals surface area contributed by atoms with Gasteiger partial charge in [0.15, 0.2) is 4.77 Å². The molecule has 0 radical (unpaired) electrons. The van der Waals surface area contributed by atoms with Crippen LogP contribution in [0.1, 0.15) is 41.7 Å². The lowest BCUT2D eigenvalue weighted by Gasteiger charge is -2.10. The second-order valence-electron chi connectivity index (χ2n) is 6.30. The molecule has 0 aromatic carbocycles. The molecule has 0 spiro atoms. The molecule has 1 aliphatic carbocycles. The SMILES string of the molecule is O=c1c2c3c(sc2[nH]c(=S)n1Cc1ccncc1)CCCCCC3. The summed E-state index contributed by atoms with van der Waals surface area (Å²) in [5, 5.41) is 0.861. The zero-order valence-corrected chi connectivity index (χ0v) is 15.0. The van der Waals surface area contributed by atoms with E-state index < -0.39 is 0 Å². The molecule has 0 saturated heterocycles. The smallest absolute Gasteiger partial charge is 0.263 e. The van der Waals surface area contributed by atoms with Gasteiger partial charge in [0.1, 0.15) is 4.83 Å². The number of aromatic nitrogens is 3. The third-order valence-electron chi connectivity index (χ3n) is 4.69. The summed E-state index contributed by atoms with van der Waals surface area (Å²) in [6.07, 6.45) is 10.5. The van der Waals surface area contributed by atoms with Crippen molar-refractivity contribution >= 4 is 33.8 Å². The lowest BCUT2D eigenvalue weighted by Crippen LogP contribution is -2.23. The molecule has 0 aliphatic heterocycles. The standard InChI is InChI=1S/C18H19N3OS2/c22-17-15-13-5-3-1-2-4-6-14(13)24-16(15)20-18(23)21(17)11-12-7-9-19-10-8-12/h7-10H,1-6,11H2,(H,20,23). The van der Waals surface area contributed by atoms with Crippen LogP contribution in [0.25, 0.3) is 10.2 Å². The van der Waals surface area contributed by atoms with E-state index in [0.29, 0.717) is 11.3 Å². The molecule has 4 rings (SSSR count). The van der Waals surface area contributed by atoms with Gasteiger partial charge in [-0.15, -0.1) is 11.3 Å². The molecule has 3 aromatic rings. The molecule has 0 saturated carbocycles. The van der Waals surface area contributed by atoms with Crippen LogP contribution in [0.5, 0.6) is 0 Å². The van der Waals surface area contributed by atoms with Crippen LogP contribution in [-0.4, -0.2) is 14.5 Å². The molecule has 6 heteroatoms. The van der Waals surface area contributed by atoms with Crippen LogP contribution in [0.4, 0.5) is 0 Å². The van der Waals surface area contributed by atoms with Crippen molar-refractivity contribution in [3.05, 3.63) is 55.7 Å². The van der Waals surface area contributed by atoms with Gasteiger partial charge in [-0.3, -0.25) is 14.3 Å². The van der Waals surface area contributed by atoms with E-state index in [1.807, 2.05) is 12.1 Å². The minimum absolute atomic E-state index is 0.0450. The van der Waals surface area contributed by atoms with Gasteiger partial charge in [-0.25, -0.2) is 0 Å². The number of hydrogen-bond acceptors (Lipinski definition) is 4. The van der Waals surface area contributed by atoms with Crippen LogP contribution in [0.15, 0.2) is 29.3 Å². The van der Waals surface area contributed by atoms with Gasteiger partial charge >= 0.3 is 0 Å². The number of pyridine rings is 1. The minimum atomic E-state index is 0.0450. The molecule has 0 fully saturated rings. The van der Waals surface area contributed by atoms with E-state index in [1.54, 1.807) is 28.3 Å². The Morgan fingerprint density at radius 1 is 1.17 bits per heavy atom. The van der Waals surface area contributed by atoms with Gasteiger partial charge in [-0.1, -0.05) is 12.8 Å². The van der Waals surface area contributed by atoms with Crippen molar-refractivity contribution in [1.29, 1.82) is 0 Å². The van der Waals surface area contributed by atoms with Gasteiger partial charge in [-0.2, -0.15) is 0 Å². The van der Waals surface area contributed by atoms with Gasteiger partial charge in [0.2, 0.25) is 0 Å². The Morgan fingerprint density at radius 3 is 2.71 bits per heavy atom. The number of aromatic amines is 1. The van der Waals surface area contributed by atoms with Gasteiger partial charge in [0, 0.05) is 17.3 Å². The van der Waals surface area contributed by atoms with E-state index >= 15 is 0 Å². The normalized spacial score (nSPS) is 15.0. The Hall–Kier alpha value is -1.79. The fourth-order valence-corrected chi connectivity index (χ4v) is 5.03. The average Bonchev–Trinajstić information content (AvgIpc) is 2.89. The predicted molar refractivity (Wildman–Crippen MR) is 100 cm³/mol. The monoisotopic (exact) mass is 357 g/mol. The Morgan fingerprint density at radius 2 is 1.92 bits per heavy atom. The summed E-state index contributed by atoms with van der Waals surface area (Å²) in [4.78, 5) is 22.8. The van der Waals surface area contributed by atoms with Crippen molar-refractivity contribution < 1.29 is 0 Å². The molecule has 0 atom stereocenters. The molecule has 0 bridgehead atoms. The first-order valence-electron chi connectivity index (χ1n) is 8.40. The van der Waals surface area contributed by atoms with Crippen molar-refractivity contribution in [3.8, 4) is 0 Å². The molecular weight excluding hydrogens is 338 g/mol. The third kappa shape index (κ3) is 2.84. The molecule has 3 heterocycles. The topological polar surface area (TPSA) is 50.7 Å². The minimum Gasteiger partial charge on any atom is -0.323 e. The quantitative estimate of drug-likeness (QED) is 0.699. The van der Waals surface area contributed by atoms with Crippen LogP contribution in [0, 0.1) is 4.77 Å². The van der Waals surface area contributed by atoms with E-state index in [-0.39, 0.29) is 5.56 Å². The highest BCUT2D eigenvalue weighted by molar-refractivity contribution is 7.71. The van der Waals surface area contributed by atoms with Crippen molar-refractivity contribution in [2.24, 2.45) is 0 Å². The molecule has 1 N–H and O–H groups in total. The molecule has 0 unspecified atom stereocenters. The Kier molecular flexibility index (Phi) is 4.33. The summed E-state index contributed by atoms with van der Waals surface area (Å²) in [5.74, 6) is 0. The highest BCUT2D eigenvalue weighted by Gasteiger charge is 2.18. The van der Waals surface area contributed by atoms with Gasteiger partial charge in [0.25, 0.3) is 5.56 Å². The van der Waals surface area contributed by atoms with Crippen molar-refractivity contribution in [2.45, 2.75) is 45.1 Å². The zero-order valence-electron chi connectivity index (χ0n) is 13.4. The van der Waals surface area contributed by atoms with E-state index in [4.69, 9.17) is 12.2 Å². The molecule has 1 aliphatic rings. The number of rotatable bonds is 2. The van der Waals surface area contributed by atoms with Crippen LogP contribution >= 0.6 is 23.6 Å². The molecule has 24 heavy (non-hydrogen) atoms. The largest absolute Gasteiger partial charge is 0.323 e. The van der Waals surface area contributed by atoms with Crippen LogP contribution in [0.2, 0.25) is 0 Å². The van der Waals surface area contributed by atoms with E-state index in [9.17, 15) is 4.79 Å². The second-order valence-corrected chi connectivity index (χ2v) is 7.79. The molecular formula is C18H19N3OS2. The van der Waals surface area contributed by atoms with Gasteiger partial charge in [-0.05, 0) is 61.2 Å². The fourth-order valence-electron chi connectivity index (χ4n) is 3.44. The molecule has 0 amide bonds. The molecule has 3 aromatic heterocycles. The molecule has 4 nitrogen and oxygen atoms in total. The highest BCUT2D eigenvalue weighted by Crippen LogP contribution is 2.32. The van der Waals surface area contributed by atoms with Crippen molar-refractivity contribution in [3.63, 3.8) is 0 Å². The number of nitrogens with zero attached hydrogens (tertiary/aromatic N) is 2. The number of fused-ring (bicyclic) bond motifs is 3. The number of hydrogen-bond donors (Lipinski definition) is 1. The maximum atomic E-state index is 13.2. The van der Waals surface area contributed by atoms with E-state index in [0.717, 1.165) is 35.0 Å². The highest BCUT2D eigenvalue weighted by atomic mass is 32.1. The van der Waals surface area contributed by atoms with Crippen molar-refractivity contribution in [1.82, 2.24) is 14.5 Å². The summed E-state index contributed by atoms with van der Waals surface area (Å²) < 4.78 is 2.18. The second kappa shape index (κ2) is 6.61. The summed E-state index contributed by atoms with van der Waals surface area (Å²) in [7, 11) is 0. The predicted octanol–water partition coefficient (Wildman–Crippen LogP) is 4.22. The maximum absolute atomic E-state index is 13.2. The first-order valence-corrected chi connectivity index (χ1v) is 9.63. The first kappa shape index (κ1) is 15.7. The lowest BCUT2D eigenvalue weighted by molar-refractivity contribution is 0.623. The lowest BCUT2D eigenvalue weighted by atomic mass is 9.98. The Labute approximate surface area is 149 Å². The maximum Gasteiger partial charge on any atom is 0.263 e. The Bertz CT molecular complexity index is 985. The van der Waals surface area contributed by atoms with Crippen molar-refractivity contribution in [2.75, 3.05) is 0 Å². The number of thiophene rings is 1. The fraction of sp³-hybridized carbons (Fsp3) is 0.389. The average molecular weight is 358 g/mol. The zero-order chi connectivity index (χ0) is 16.5. The number of nitrogens with one attached hydrogen (secondary N) is 1. The van der Waals surface area contributed by atoms with Crippen LogP contribution < -0.4 is 5.56 Å². The van der Waals surface area contributed by atoms with E-state index in [1.165, 1.54) is 29.7 Å². The van der Waals surface area contributed by atoms with E-state index in [2.05, 4.69) is 9.97 Å². The van der Waals surface area contributed by atoms with Gasteiger partial charge in [0.05, 0.1) is 11.9 Å². The number of aryl methyl sites for hydroxylation is 2. The summed E-state index contributed by atoms with van der Waals surface area (Å²) in [6, 6.07) is 3.84. The van der Waals surface area contributed by atoms with Crippen LogP contribution in [0.3, 0.4) is 0 Å². The third-order valence-corrected chi connectivity index (χ3v) is 6.22. The Balaban J connectivity index is 1.88. The summed E-state index contributed by atoms with van der Waals surface area (Å²) >= 11 is 7.18. The summed E-state index contributed by atoms with van der Waals surface area (Å²) in [5.41, 5.74) is 2.34. The molecule has 124 valence electrons. The summed E-state index contributed by atoms with van der Waals surface area (Å²) in [6.45, 7) is 0.483.